The molecule has 0 saturated heterocycles. The molecular formula is C17H24FN3O2. The zero-order valence-corrected chi connectivity index (χ0v) is 13.6. The third kappa shape index (κ3) is 5.54. The number of hydrogen-bond donors (Lipinski definition) is 3. The summed E-state index contributed by atoms with van der Waals surface area (Å²) in [7, 11) is 0. The van der Waals surface area contributed by atoms with Gasteiger partial charge in [-0.15, -0.1) is 0 Å². The lowest BCUT2D eigenvalue weighted by atomic mass is 9.87. The quantitative estimate of drug-likeness (QED) is 0.781. The highest BCUT2D eigenvalue weighted by molar-refractivity contribution is 5.89. The first-order valence-corrected chi connectivity index (χ1v) is 8.04. The third-order valence-electron chi connectivity index (χ3n) is 4.11. The van der Waals surface area contributed by atoms with Gasteiger partial charge < -0.3 is 16.0 Å². The molecule has 6 heteroatoms. The Morgan fingerprint density at radius 3 is 2.57 bits per heavy atom. The molecule has 1 saturated carbocycles. The van der Waals surface area contributed by atoms with Gasteiger partial charge in [0.1, 0.15) is 5.82 Å². The van der Waals surface area contributed by atoms with Crippen LogP contribution in [0.1, 0.15) is 39.5 Å². The predicted octanol–water partition coefficient (Wildman–Crippen LogP) is 2.89. The number of rotatable bonds is 5. The van der Waals surface area contributed by atoms with Crippen molar-refractivity contribution in [3.05, 3.63) is 24.0 Å². The van der Waals surface area contributed by atoms with Gasteiger partial charge in [0.25, 0.3) is 0 Å². The molecule has 1 aromatic carbocycles. The van der Waals surface area contributed by atoms with Gasteiger partial charge in [0.05, 0.1) is 12.2 Å². The maximum Gasteiger partial charge on any atom is 0.239 e. The van der Waals surface area contributed by atoms with Gasteiger partial charge in [0.15, 0.2) is 0 Å². The van der Waals surface area contributed by atoms with Crippen LogP contribution in [0.15, 0.2) is 18.2 Å². The van der Waals surface area contributed by atoms with Crippen LogP contribution in [0, 0.1) is 11.7 Å². The van der Waals surface area contributed by atoms with E-state index in [4.69, 9.17) is 0 Å². The van der Waals surface area contributed by atoms with Crippen molar-refractivity contribution >= 4 is 23.2 Å². The Balaban J connectivity index is 1.84. The van der Waals surface area contributed by atoms with Crippen LogP contribution in [0.2, 0.25) is 0 Å². The summed E-state index contributed by atoms with van der Waals surface area (Å²) in [6, 6.07) is 4.43. The fraction of sp³-hybridized carbons (Fsp3) is 0.529. The number of carbonyl (C=O) groups is 2. The third-order valence-corrected chi connectivity index (χ3v) is 4.11. The van der Waals surface area contributed by atoms with Gasteiger partial charge in [-0.3, -0.25) is 9.59 Å². The van der Waals surface area contributed by atoms with E-state index in [1.165, 1.54) is 25.1 Å². The van der Waals surface area contributed by atoms with E-state index in [2.05, 4.69) is 22.9 Å². The fourth-order valence-electron chi connectivity index (χ4n) is 2.80. The molecule has 1 aromatic rings. The summed E-state index contributed by atoms with van der Waals surface area (Å²) in [6.07, 6.45) is 4.26. The average molecular weight is 321 g/mol. The van der Waals surface area contributed by atoms with Gasteiger partial charge in [-0.1, -0.05) is 6.92 Å². The zero-order chi connectivity index (χ0) is 16.8. The second-order valence-corrected chi connectivity index (χ2v) is 6.25. The minimum absolute atomic E-state index is 0.00645. The smallest absolute Gasteiger partial charge is 0.239 e. The molecule has 126 valence electrons. The molecule has 0 atom stereocenters. The van der Waals surface area contributed by atoms with E-state index < -0.39 is 5.82 Å². The van der Waals surface area contributed by atoms with E-state index in [0.29, 0.717) is 5.69 Å². The van der Waals surface area contributed by atoms with Gasteiger partial charge in [0.2, 0.25) is 11.8 Å². The van der Waals surface area contributed by atoms with Crippen molar-refractivity contribution in [3.8, 4) is 0 Å². The Morgan fingerprint density at radius 1 is 1.22 bits per heavy atom. The molecule has 3 N–H and O–H groups in total. The normalized spacial score (nSPS) is 20.7. The largest absolute Gasteiger partial charge is 0.374 e. The predicted molar refractivity (Wildman–Crippen MR) is 88.8 cm³/mol. The number of carbonyl (C=O) groups excluding carboxylic acids is 2. The second-order valence-electron chi connectivity index (χ2n) is 6.25. The topological polar surface area (TPSA) is 70.2 Å². The van der Waals surface area contributed by atoms with Crippen LogP contribution >= 0.6 is 0 Å². The lowest BCUT2D eigenvalue weighted by Crippen LogP contribution is -2.40. The summed E-state index contributed by atoms with van der Waals surface area (Å²) in [4.78, 5) is 23.0. The molecule has 0 aromatic heterocycles. The number of hydrogen-bond acceptors (Lipinski definition) is 3. The zero-order valence-electron chi connectivity index (χ0n) is 13.6. The number of halogens is 1. The second kappa shape index (κ2) is 7.94. The molecule has 0 heterocycles. The molecule has 1 aliphatic rings. The van der Waals surface area contributed by atoms with Crippen LogP contribution in [0.5, 0.6) is 0 Å². The molecular weight excluding hydrogens is 297 g/mol. The van der Waals surface area contributed by atoms with Crippen molar-refractivity contribution in [2.75, 3.05) is 17.2 Å². The maximum absolute atomic E-state index is 13.8. The molecule has 0 spiro atoms. The molecule has 23 heavy (non-hydrogen) atoms. The van der Waals surface area contributed by atoms with Gasteiger partial charge in [-0.25, -0.2) is 4.39 Å². The molecule has 1 fully saturated rings. The first-order chi connectivity index (χ1) is 10.9. The van der Waals surface area contributed by atoms with Crippen LogP contribution in [-0.2, 0) is 9.59 Å². The molecule has 1 aliphatic carbocycles. The highest BCUT2D eigenvalue weighted by atomic mass is 19.1. The summed E-state index contributed by atoms with van der Waals surface area (Å²) in [5.41, 5.74) is 0.687. The summed E-state index contributed by atoms with van der Waals surface area (Å²) in [6.45, 7) is 3.62. The summed E-state index contributed by atoms with van der Waals surface area (Å²) in [5.74, 6) is -0.106. The van der Waals surface area contributed by atoms with E-state index >= 15 is 0 Å². The average Bonchev–Trinajstić information content (AvgIpc) is 2.49. The fourth-order valence-corrected chi connectivity index (χ4v) is 2.80. The Morgan fingerprint density at radius 2 is 1.91 bits per heavy atom. The lowest BCUT2D eigenvalue weighted by Gasteiger charge is -2.27. The maximum atomic E-state index is 13.8. The van der Waals surface area contributed by atoms with Crippen LogP contribution in [-0.4, -0.2) is 24.4 Å². The Labute approximate surface area is 136 Å². The van der Waals surface area contributed by atoms with Crippen LogP contribution in [0.25, 0.3) is 0 Å². The van der Waals surface area contributed by atoms with E-state index in [-0.39, 0.29) is 30.1 Å². The SMILES string of the molecule is CC(=O)Nc1ccc(F)c(NCC(=O)NC2CCC(C)CC2)c1. The molecule has 0 bridgehead atoms. The molecule has 2 amide bonds. The van der Waals surface area contributed by atoms with E-state index in [1.807, 2.05) is 0 Å². The van der Waals surface area contributed by atoms with Crippen molar-refractivity contribution in [3.63, 3.8) is 0 Å². The van der Waals surface area contributed by atoms with Crippen molar-refractivity contribution in [1.82, 2.24) is 5.32 Å². The molecule has 0 radical (unpaired) electrons. The van der Waals surface area contributed by atoms with Gasteiger partial charge in [0, 0.05) is 18.7 Å². The summed E-state index contributed by atoms with van der Waals surface area (Å²) < 4.78 is 13.8. The Hall–Kier alpha value is -2.11. The standard InChI is InChI=1S/C17H24FN3O2/c1-11-3-5-13(6-4-11)21-17(23)10-19-16-9-14(20-12(2)22)7-8-15(16)18/h7-9,11,13,19H,3-6,10H2,1-2H3,(H,20,22)(H,21,23). The van der Waals surface area contributed by atoms with E-state index in [1.54, 1.807) is 0 Å². The molecule has 0 unspecified atom stereocenters. The lowest BCUT2D eigenvalue weighted by molar-refractivity contribution is -0.120. The van der Waals surface area contributed by atoms with Crippen molar-refractivity contribution < 1.29 is 14.0 Å². The van der Waals surface area contributed by atoms with Crippen molar-refractivity contribution in [1.29, 1.82) is 0 Å². The van der Waals surface area contributed by atoms with Gasteiger partial charge >= 0.3 is 0 Å². The minimum atomic E-state index is -0.460. The number of anilines is 2. The van der Waals surface area contributed by atoms with Crippen LogP contribution < -0.4 is 16.0 Å². The van der Waals surface area contributed by atoms with E-state index in [9.17, 15) is 14.0 Å². The molecule has 2 rings (SSSR count). The highest BCUT2D eigenvalue weighted by Crippen LogP contribution is 2.23. The first kappa shape index (κ1) is 17.2. The highest BCUT2D eigenvalue weighted by Gasteiger charge is 2.19. The number of benzene rings is 1. The van der Waals surface area contributed by atoms with Crippen molar-refractivity contribution in [2.45, 2.75) is 45.6 Å². The summed E-state index contributed by atoms with van der Waals surface area (Å²) >= 11 is 0. The first-order valence-electron chi connectivity index (χ1n) is 8.04. The number of nitrogens with one attached hydrogen (secondary N) is 3. The van der Waals surface area contributed by atoms with Crippen molar-refractivity contribution in [2.24, 2.45) is 5.92 Å². The molecule has 5 nitrogen and oxygen atoms in total. The monoisotopic (exact) mass is 321 g/mol. The number of amides is 2. The van der Waals surface area contributed by atoms with Gasteiger partial charge in [-0.2, -0.15) is 0 Å². The summed E-state index contributed by atoms with van der Waals surface area (Å²) in [5, 5.41) is 8.35. The minimum Gasteiger partial charge on any atom is -0.374 e. The molecule has 0 aliphatic heterocycles. The van der Waals surface area contributed by atoms with E-state index in [0.717, 1.165) is 31.6 Å². The Bertz CT molecular complexity index is 569. The van der Waals surface area contributed by atoms with Gasteiger partial charge in [-0.05, 0) is 49.8 Å². The van der Waals surface area contributed by atoms with Crippen LogP contribution in [0.4, 0.5) is 15.8 Å². The van der Waals surface area contributed by atoms with Crippen LogP contribution in [0.3, 0.4) is 0 Å². The Kier molecular flexibility index (Phi) is 5.96.